The molecular formula is C58H45BN2O2S. The molecule has 2 aliphatic rings. The van der Waals surface area contributed by atoms with Crippen LogP contribution in [0.1, 0.15) is 52.7 Å². The van der Waals surface area contributed by atoms with Crippen molar-refractivity contribution >= 4 is 111 Å². The average molecular weight is 845 g/mol. The minimum atomic E-state index is -0.225. The van der Waals surface area contributed by atoms with Gasteiger partial charge < -0.3 is 18.5 Å². The summed E-state index contributed by atoms with van der Waals surface area (Å²) in [6.07, 6.45) is 1.82. The molecule has 2 aliphatic heterocycles. The molecule has 0 aliphatic carbocycles. The van der Waals surface area contributed by atoms with Crippen molar-refractivity contribution in [3.05, 3.63) is 175 Å². The molecule has 0 unspecified atom stereocenters. The van der Waals surface area contributed by atoms with Gasteiger partial charge in [0.05, 0.1) is 12.0 Å². The third-order valence-electron chi connectivity index (χ3n) is 13.8. The van der Waals surface area contributed by atoms with Gasteiger partial charge in [0.15, 0.2) is 0 Å². The molecule has 11 aromatic rings. The second-order valence-electron chi connectivity index (χ2n) is 19.7. The molecule has 308 valence electrons. The zero-order valence-electron chi connectivity index (χ0n) is 36.8. The Hall–Kier alpha value is -7.02. The van der Waals surface area contributed by atoms with Crippen LogP contribution < -0.4 is 20.6 Å². The fourth-order valence-corrected chi connectivity index (χ4v) is 11.7. The predicted octanol–water partition coefficient (Wildman–Crippen LogP) is 15.7. The van der Waals surface area contributed by atoms with E-state index in [1.807, 2.05) is 17.6 Å². The summed E-state index contributed by atoms with van der Waals surface area (Å²) >= 11 is 1.87. The summed E-state index contributed by atoms with van der Waals surface area (Å²) in [5.74, 6) is 0. The van der Waals surface area contributed by atoms with Crippen molar-refractivity contribution in [2.75, 3.05) is 9.71 Å². The van der Waals surface area contributed by atoms with Gasteiger partial charge in [-0.3, -0.25) is 0 Å². The molecule has 5 heterocycles. The Balaban J connectivity index is 1.22. The number of furan rings is 2. The fraction of sp³-hybridized carbons (Fsp3) is 0.138. The van der Waals surface area contributed by atoms with Crippen LogP contribution in [0.25, 0.3) is 75.3 Å². The lowest BCUT2D eigenvalue weighted by atomic mass is 9.43. The minimum absolute atomic E-state index is 0.00999. The van der Waals surface area contributed by atoms with E-state index in [2.05, 4.69) is 209 Å². The molecule has 0 radical (unpaired) electrons. The molecule has 4 nitrogen and oxygen atoms in total. The number of nitrogens with zero attached hydrogens (tertiary/aromatic N) is 2. The lowest BCUT2D eigenvalue weighted by Gasteiger charge is -2.46. The number of benzene rings is 8. The molecule has 0 N–H and O–H groups in total. The van der Waals surface area contributed by atoms with Gasteiger partial charge in [-0.15, -0.1) is 11.3 Å². The minimum Gasteiger partial charge on any atom is -0.464 e. The van der Waals surface area contributed by atoms with Gasteiger partial charge in [-0.1, -0.05) is 126 Å². The second-order valence-corrected chi connectivity index (χ2v) is 20.8. The van der Waals surface area contributed by atoms with Crippen LogP contribution >= 0.6 is 11.3 Å². The molecular weight excluding hydrogens is 800 g/mol. The summed E-state index contributed by atoms with van der Waals surface area (Å²) in [6.45, 7) is 13.5. The highest BCUT2D eigenvalue weighted by molar-refractivity contribution is 7.25. The van der Waals surface area contributed by atoms with Gasteiger partial charge >= 0.3 is 6.85 Å². The monoisotopic (exact) mass is 844 g/mol. The molecule has 3 aromatic heterocycles. The van der Waals surface area contributed by atoms with Crippen LogP contribution in [0, 0.1) is 0 Å². The predicted molar refractivity (Wildman–Crippen MR) is 273 cm³/mol. The van der Waals surface area contributed by atoms with Crippen molar-refractivity contribution in [1.29, 1.82) is 0 Å². The zero-order chi connectivity index (χ0) is 43.2. The summed E-state index contributed by atoms with van der Waals surface area (Å²) in [5.41, 5.74) is 18.0. The highest BCUT2D eigenvalue weighted by Gasteiger charge is 2.47. The molecule has 64 heavy (non-hydrogen) atoms. The quantitative estimate of drug-likeness (QED) is 0.166. The van der Waals surface area contributed by atoms with Crippen LogP contribution in [0.15, 0.2) is 173 Å². The topological polar surface area (TPSA) is 32.8 Å². The maximum absolute atomic E-state index is 7.13. The highest BCUT2D eigenvalue weighted by Crippen LogP contribution is 2.54. The van der Waals surface area contributed by atoms with E-state index >= 15 is 0 Å². The number of para-hydroxylation sites is 1. The Kier molecular flexibility index (Phi) is 7.78. The second kappa shape index (κ2) is 13.3. The standard InChI is InChI=1S/C58H45BN2O2S/c1-57(2,3)36-20-23-38(24-21-36)61-47-33-53-42(40-17-11-13-19-52(40)64-53)30-44(47)54-55-49(31-43-39-16-10-12-18-50(39)63-56(43)54)60(48-28-35-26-27-62-51(35)32-45(48)59(55)61)46-25-22-37(58(4,5)6)29-41(46)34-14-8-7-9-15-34/h7-33H,1-6H3. The van der Waals surface area contributed by atoms with E-state index in [1.165, 1.54) is 58.9 Å². The first kappa shape index (κ1) is 37.5. The molecule has 13 rings (SSSR count). The number of thiophene rings is 1. The van der Waals surface area contributed by atoms with Crippen LogP contribution in [0.2, 0.25) is 0 Å². The van der Waals surface area contributed by atoms with Crippen molar-refractivity contribution in [2.45, 2.75) is 52.4 Å². The number of anilines is 5. The van der Waals surface area contributed by atoms with Gasteiger partial charge in [-0.05, 0) is 111 Å². The van der Waals surface area contributed by atoms with Crippen LogP contribution in [0.4, 0.5) is 28.4 Å². The Labute approximate surface area is 377 Å². The largest absolute Gasteiger partial charge is 0.464 e. The van der Waals surface area contributed by atoms with Crippen molar-refractivity contribution in [3.63, 3.8) is 0 Å². The smallest absolute Gasteiger partial charge is 0.333 e. The molecule has 0 spiro atoms. The van der Waals surface area contributed by atoms with Crippen LogP contribution in [0.5, 0.6) is 0 Å². The van der Waals surface area contributed by atoms with Gasteiger partial charge in [-0.25, -0.2) is 0 Å². The van der Waals surface area contributed by atoms with Crippen LogP contribution in [-0.4, -0.2) is 6.85 Å². The van der Waals surface area contributed by atoms with Gasteiger partial charge in [0, 0.05) is 75.8 Å². The molecule has 0 bridgehead atoms. The van der Waals surface area contributed by atoms with Gasteiger partial charge in [0.25, 0.3) is 0 Å². The fourth-order valence-electron chi connectivity index (χ4n) is 10.6. The number of hydrogen-bond donors (Lipinski definition) is 0. The van der Waals surface area contributed by atoms with Crippen molar-refractivity contribution in [2.24, 2.45) is 0 Å². The third-order valence-corrected chi connectivity index (χ3v) is 15.0. The summed E-state index contributed by atoms with van der Waals surface area (Å²) in [6, 6.07) is 58.8. The molecule has 0 amide bonds. The molecule has 0 saturated carbocycles. The Morgan fingerprint density at radius 2 is 1.25 bits per heavy atom. The van der Waals surface area contributed by atoms with E-state index in [9.17, 15) is 0 Å². The van der Waals surface area contributed by atoms with Gasteiger partial charge in [0.1, 0.15) is 16.7 Å². The number of hydrogen-bond acceptors (Lipinski definition) is 5. The van der Waals surface area contributed by atoms with Crippen molar-refractivity contribution in [3.8, 4) is 22.3 Å². The Morgan fingerprint density at radius 1 is 0.516 bits per heavy atom. The maximum Gasteiger partial charge on any atom is 0.333 e. The maximum atomic E-state index is 7.13. The summed E-state index contributed by atoms with van der Waals surface area (Å²) < 4.78 is 16.0. The van der Waals surface area contributed by atoms with E-state index in [0.717, 1.165) is 66.9 Å². The van der Waals surface area contributed by atoms with Crippen molar-refractivity contribution < 1.29 is 8.83 Å². The number of rotatable bonds is 3. The van der Waals surface area contributed by atoms with Gasteiger partial charge in [0.2, 0.25) is 0 Å². The normalized spacial score (nSPS) is 13.7. The van der Waals surface area contributed by atoms with E-state index in [-0.39, 0.29) is 17.7 Å². The molecule has 8 aromatic carbocycles. The Morgan fingerprint density at radius 3 is 2.05 bits per heavy atom. The van der Waals surface area contributed by atoms with Crippen LogP contribution in [-0.2, 0) is 10.8 Å². The lowest BCUT2D eigenvalue weighted by Crippen LogP contribution is -2.61. The van der Waals surface area contributed by atoms with E-state index in [0.29, 0.717) is 0 Å². The average Bonchev–Trinajstić information content (AvgIpc) is 4.02. The SMILES string of the molecule is CC(C)(C)c1ccc(N2B3c4cc5occc5cc4N(c4ccc(C(C)(C)C)cc4-c4ccccc4)c4cc5c(oc6ccccc65)c(c43)-c3cc4c(cc32)sc2ccccc24)cc1. The van der Waals surface area contributed by atoms with Crippen molar-refractivity contribution in [1.82, 2.24) is 0 Å². The molecule has 0 atom stereocenters. The van der Waals surface area contributed by atoms with Gasteiger partial charge in [-0.2, -0.15) is 0 Å². The summed E-state index contributed by atoms with van der Waals surface area (Å²) in [4.78, 5) is 5.16. The van der Waals surface area contributed by atoms with E-state index in [1.54, 1.807) is 0 Å². The molecule has 6 heteroatoms. The first-order chi connectivity index (χ1) is 31.0. The van der Waals surface area contributed by atoms with Crippen LogP contribution in [0.3, 0.4) is 0 Å². The summed E-state index contributed by atoms with van der Waals surface area (Å²) in [7, 11) is 0. The first-order valence-corrected chi connectivity index (χ1v) is 23.2. The van der Waals surface area contributed by atoms with E-state index < -0.39 is 0 Å². The highest BCUT2D eigenvalue weighted by atomic mass is 32.1. The Bertz CT molecular complexity index is 3710. The van der Waals surface area contributed by atoms with E-state index in [4.69, 9.17) is 8.83 Å². The number of fused-ring (bicyclic) bond motifs is 12. The zero-order valence-corrected chi connectivity index (χ0v) is 37.6. The summed E-state index contributed by atoms with van der Waals surface area (Å²) in [5, 5.41) is 5.83. The molecule has 0 fully saturated rings. The first-order valence-electron chi connectivity index (χ1n) is 22.3. The third kappa shape index (κ3) is 5.42. The molecule has 0 saturated heterocycles. The lowest BCUT2D eigenvalue weighted by molar-refractivity contribution is 0.590.